The molecule has 0 aliphatic rings. The first-order chi connectivity index (χ1) is 15.7. The Balaban J connectivity index is 1.54. The lowest BCUT2D eigenvalue weighted by molar-refractivity contribution is 0.103. The van der Waals surface area contributed by atoms with Gasteiger partial charge in [-0.2, -0.15) is 5.10 Å². The number of nitrogens with one attached hydrogen (secondary N) is 1. The van der Waals surface area contributed by atoms with Crippen molar-refractivity contribution in [1.82, 2.24) is 14.8 Å². The number of carbonyl (C=O) groups is 1. The fourth-order valence-corrected chi connectivity index (χ4v) is 4.49. The number of ether oxygens (including phenoxy) is 1. The molecule has 7 nitrogen and oxygen atoms in total. The third-order valence-corrected chi connectivity index (χ3v) is 6.60. The molecule has 9 heteroatoms. The first-order valence-corrected chi connectivity index (χ1v) is 11.3. The van der Waals surface area contributed by atoms with Gasteiger partial charge < -0.3 is 10.1 Å². The van der Waals surface area contributed by atoms with Crippen LogP contribution in [-0.2, 0) is 7.05 Å². The van der Waals surface area contributed by atoms with Crippen LogP contribution < -0.4 is 15.6 Å². The molecule has 0 atom stereocenters. The molecule has 2 aromatic carbocycles. The van der Waals surface area contributed by atoms with E-state index in [4.69, 9.17) is 16.3 Å². The Labute approximate surface area is 199 Å². The van der Waals surface area contributed by atoms with Gasteiger partial charge in [-0.15, -0.1) is 11.3 Å². The van der Waals surface area contributed by atoms with E-state index in [0.29, 0.717) is 43.4 Å². The van der Waals surface area contributed by atoms with Crippen molar-refractivity contribution in [2.24, 2.45) is 7.05 Å². The smallest absolute Gasteiger partial charge is 0.277 e. The summed E-state index contributed by atoms with van der Waals surface area (Å²) in [4.78, 5) is 30.5. The molecule has 1 amide bonds. The molecule has 0 fully saturated rings. The SMILES string of the molecule is Cc1nc(-c2c(C)c(C)nn(C)c2=O)sc1C(=O)Nc1ccc(Oc2ccccc2Cl)cc1. The molecular formula is C24H21ClN4O3S. The predicted octanol–water partition coefficient (Wildman–Crippen LogP) is 5.53. The molecule has 0 aliphatic carbocycles. The molecule has 2 aromatic heterocycles. The van der Waals surface area contributed by atoms with Crippen LogP contribution in [0.25, 0.3) is 10.6 Å². The summed E-state index contributed by atoms with van der Waals surface area (Å²) in [6.07, 6.45) is 0. The lowest BCUT2D eigenvalue weighted by atomic mass is 10.1. The highest BCUT2D eigenvalue weighted by Gasteiger charge is 2.21. The van der Waals surface area contributed by atoms with Gasteiger partial charge in [0.2, 0.25) is 0 Å². The predicted molar refractivity (Wildman–Crippen MR) is 131 cm³/mol. The minimum absolute atomic E-state index is 0.243. The average molecular weight is 481 g/mol. The van der Waals surface area contributed by atoms with E-state index in [1.807, 2.05) is 26.0 Å². The zero-order valence-electron chi connectivity index (χ0n) is 18.5. The highest BCUT2D eigenvalue weighted by Crippen LogP contribution is 2.31. The molecule has 1 N–H and O–H groups in total. The van der Waals surface area contributed by atoms with Crippen molar-refractivity contribution >= 4 is 34.5 Å². The Morgan fingerprint density at radius 1 is 1.06 bits per heavy atom. The van der Waals surface area contributed by atoms with Crippen molar-refractivity contribution in [3.8, 4) is 22.1 Å². The number of rotatable bonds is 5. The van der Waals surface area contributed by atoms with Crippen LogP contribution in [0.15, 0.2) is 53.3 Å². The van der Waals surface area contributed by atoms with E-state index in [0.717, 1.165) is 11.3 Å². The highest BCUT2D eigenvalue weighted by molar-refractivity contribution is 7.17. The number of benzene rings is 2. The molecule has 0 saturated heterocycles. The Hall–Kier alpha value is -3.49. The lowest BCUT2D eigenvalue weighted by Crippen LogP contribution is -2.23. The van der Waals surface area contributed by atoms with Crippen molar-refractivity contribution in [3.63, 3.8) is 0 Å². The number of carbonyl (C=O) groups excluding carboxylic acids is 1. The summed E-state index contributed by atoms with van der Waals surface area (Å²) < 4.78 is 7.07. The largest absolute Gasteiger partial charge is 0.456 e. The summed E-state index contributed by atoms with van der Waals surface area (Å²) in [5, 5.41) is 8.09. The molecule has 0 unspecified atom stereocenters. The summed E-state index contributed by atoms with van der Waals surface area (Å²) in [7, 11) is 1.60. The standard InChI is InChI=1S/C24H21ClN4O3S/c1-13-14(2)28-29(4)24(31)20(13)23-26-15(3)21(33-23)22(30)27-16-9-11-17(12-10-16)32-19-8-6-5-7-18(19)25/h5-12H,1-4H3,(H,27,30). The van der Waals surface area contributed by atoms with Crippen LogP contribution >= 0.6 is 22.9 Å². The monoisotopic (exact) mass is 480 g/mol. The second kappa shape index (κ2) is 9.17. The number of nitrogens with zero attached hydrogens (tertiary/aromatic N) is 3. The van der Waals surface area contributed by atoms with Crippen molar-refractivity contribution in [3.05, 3.63) is 85.7 Å². The lowest BCUT2D eigenvalue weighted by Gasteiger charge is -2.09. The van der Waals surface area contributed by atoms with Crippen LogP contribution in [0.5, 0.6) is 11.5 Å². The summed E-state index contributed by atoms with van der Waals surface area (Å²) >= 11 is 7.32. The minimum atomic E-state index is -0.295. The van der Waals surface area contributed by atoms with Gasteiger partial charge in [0.1, 0.15) is 21.4 Å². The van der Waals surface area contributed by atoms with Crippen LogP contribution in [0.2, 0.25) is 5.02 Å². The normalized spacial score (nSPS) is 10.8. The maximum atomic E-state index is 12.9. The quantitative estimate of drug-likeness (QED) is 0.406. The summed E-state index contributed by atoms with van der Waals surface area (Å²) in [6.45, 7) is 5.43. The number of anilines is 1. The van der Waals surface area contributed by atoms with Gasteiger partial charge in [-0.3, -0.25) is 9.59 Å². The maximum absolute atomic E-state index is 12.9. The molecule has 0 spiro atoms. The second-order valence-corrected chi connectivity index (χ2v) is 8.86. The fourth-order valence-electron chi connectivity index (χ4n) is 3.26. The molecule has 2 heterocycles. The first-order valence-electron chi connectivity index (χ1n) is 10.1. The fraction of sp³-hybridized carbons (Fsp3) is 0.167. The van der Waals surface area contributed by atoms with Crippen LogP contribution in [-0.4, -0.2) is 20.7 Å². The zero-order chi connectivity index (χ0) is 23.7. The maximum Gasteiger partial charge on any atom is 0.277 e. The van der Waals surface area contributed by atoms with Gasteiger partial charge in [-0.1, -0.05) is 23.7 Å². The van der Waals surface area contributed by atoms with E-state index in [-0.39, 0.29) is 11.5 Å². The van der Waals surface area contributed by atoms with E-state index in [9.17, 15) is 9.59 Å². The third-order valence-electron chi connectivity index (χ3n) is 5.12. The molecule has 0 aliphatic heterocycles. The van der Waals surface area contributed by atoms with Crippen LogP contribution in [0.4, 0.5) is 5.69 Å². The summed E-state index contributed by atoms with van der Waals surface area (Å²) in [5.41, 5.74) is 2.89. The van der Waals surface area contributed by atoms with Crippen LogP contribution in [0.1, 0.15) is 26.6 Å². The summed E-state index contributed by atoms with van der Waals surface area (Å²) in [6, 6.07) is 14.2. The third kappa shape index (κ3) is 4.67. The van der Waals surface area contributed by atoms with Gasteiger partial charge >= 0.3 is 0 Å². The molecule has 33 heavy (non-hydrogen) atoms. The molecule has 0 saturated carbocycles. The van der Waals surface area contributed by atoms with E-state index in [1.165, 1.54) is 16.0 Å². The Morgan fingerprint density at radius 3 is 2.45 bits per heavy atom. The number of aromatic nitrogens is 3. The first kappa shape index (κ1) is 22.7. The van der Waals surface area contributed by atoms with Gasteiger partial charge in [0, 0.05) is 12.7 Å². The Morgan fingerprint density at radius 2 is 1.76 bits per heavy atom. The second-order valence-electron chi connectivity index (χ2n) is 7.46. The number of para-hydroxylation sites is 1. The number of thiazole rings is 1. The zero-order valence-corrected chi connectivity index (χ0v) is 20.0. The van der Waals surface area contributed by atoms with Gasteiger partial charge in [0.15, 0.2) is 0 Å². The van der Waals surface area contributed by atoms with Crippen molar-refractivity contribution < 1.29 is 9.53 Å². The molecule has 4 rings (SSSR count). The van der Waals surface area contributed by atoms with Gasteiger partial charge in [-0.05, 0) is 62.7 Å². The number of halogens is 1. The molecule has 4 aromatic rings. The van der Waals surface area contributed by atoms with E-state index in [2.05, 4.69) is 15.4 Å². The van der Waals surface area contributed by atoms with Crippen LogP contribution in [0, 0.1) is 20.8 Å². The number of aryl methyl sites for hydroxylation is 3. The van der Waals surface area contributed by atoms with E-state index >= 15 is 0 Å². The molecule has 0 bridgehead atoms. The molecular weight excluding hydrogens is 460 g/mol. The van der Waals surface area contributed by atoms with Crippen molar-refractivity contribution in [2.45, 2.75) is 20.8 Å². The Kier molecular flexibility index (Phi) is 6.31. The average Bonchev–Trinajstić information content (AvgIpc) is 3.17. The molecule has 168 valence electrons. The van der Waals surface area contributed by atoms with E-state index in [1.54, 1.807) is 50.4 Å². The Bertz CT molecular complexity index is 1410. The van der Waals surface area contributed by atoms with Crippen molar-refractivity contribution in [2.75, 3.05) is 5.32 Å². The highest BCUT2D eigenvalue weighted by atomic mass is 35.5. The minimum Gasteiger partial charge on any atom is -0.456 e. The van der Waals surface area contributed by atoms with Gasteiger partial charge in [0.05, 0.1) is 22.0 Å². The number of amides is 1. The summed E-state index contributed by atoms with van der Waals surface area (Å²) in [5.74, 6) is 0.851. The van der Waals surface area contributed by atoms with Crippen LogP contribution in [0.3, 0.4) is 0 Å². The number of hydrogen-bond acceptors (Lipinski definition) is 6. The molecule has 0 radical (unpaired) electrons. The number of hydrogen-bond donors (Lipinski definition) is 1. The van der Waals surface area contributed by atoms with Gasteiger partial charge in [0.25, 0.3) is 11.5 Å². The van der Waals surface area contributed by atoms with Gasteiger partial charge in [-0.25, -0.2) is 9.67 Å². The topological polar surface area (TPSA) is 86.1 Å². The van der Waals surface area contributed by atoms with E-state index < -0.39 is 0 Å². The van der Waals surface area contributed by atoms with Crippen molar-refractivity contribution in [1.29, 1.82) is 0 Å².